The molecule has 24 heavy (non-hydrogen) atoms. The molecule has 2 aliphatic rings. The summed E-state index contributed by atoms with van der Waals surface area (Å²) >= 11 is 0. The van der Waals surface area contributed by atoms with Gasteiger partial charge in [-0.2, -0.15) is 0 Å². The Morgan fingerprint density at radius 1 is 1.38 bits per heavy atom. The van der Waals surface area contributed by atoms with Crippen molar-refractivity contribution in [2.24, 2.45) is 0 Å². The Bertz CT molecular complexity index is 628. The summed E-state index contributed by atoms with van der Waals surface area (Å²) in [5, 5.41) is 10.1. The van der Waals surface area contributed by atoms with E-state index in [9.17, 15) is 14.3 Å². The summed E-state index contributed by atoms with van der Waals surface area (Å²) in [5.41, 5.74) is 0.729. The molecular weight excluding hydrogens is 313 g/mol. The van der Waals surface area contributed by atoms with Crippen molar-refractivity contribution in [2.75, 3.05) is 13.2 Å². The third-order valence-corrected chi connectivity index (χ3v) is 4.42. The second kappa shape index (κ2) is 6.33. The topological polar surface area (TPSA) is 59.0 Å². The van der Waals surface area contributed by atoms with E-state index in [1.165, 1.54) is 12.1 Å². The molecule has 0 saturated carbocycles. The van der Waals surface area contributed by atoms with Gasteiger partial charge < -0.3 is 19.5 Å². The predicted molar refractivity (Wildman–Crippen MR) is 86.0 cm³/mol. The molecule has 1 saturated heterocycles. The van der Waals surface area contributed by atoms with E-state index in [0.29, 0.717) is 12.1 Å². The van der Waals surface area contributed by atoms with Gasteiger partial charge >= 0.3 is 6.09 Å². The highest BCUT2D eigenvalue weighted by Gasteiger charge is 2.41. The number of fused-ring (bicyclic) bond motifs is 1. The normalized spacial score (nSPS) is 27.0. The van der Waals surface area contributed by atoms with E-state index in [-0.39, 0.29) is 30.7 Å². The van der Waals surface area contributed by atoms with E-state index in [4.69, 9.17) is 9.47 Å². The highest BCUT2D eigenvalue weighted by atomic mass is 19.1. The number of amides is 1. The van der Waals surface area contributed by atoms with Crippen LogP contribution in [-0.4, -0.2) is 40.9 Å². The van der Waals surface area contributed by atoms with Gasteiger partial charge in [0.25, 0.3) is 0 Å². The summed E-state index contributed by atoms with van der Waals surface area (Å²) in [6.45, 7) is 6.21. The van der Waals surface area contributed by atoms with Crippen LogP contribution in [-0.2, 0) is 9.47 Å². The van der Waals surface area contributed by atoms with E-state index < -0.39 is 11.7 Å². The maximum atomic E-state index is 13.5. The van der Waals surface area contributed by atoms with Crippen LogP contribution in [0.5, 0.6) is 0 Å². The van der Waals surface area contributed by atoms with Gasteiger partial charge in [0.1, 0.15) is 23.6 Å². The number of likely N-dealkylation sites (tertiary alicyclic amines) is 1. The van der Waals surface area contributed by atoms with Crippen molar-refractivity contribution in [2.45, 2.75) is 57.5 Å². The number of carbonyl (C=O) groups is 1. The number of hydrogen-bond acceptors (Lipinski definition) is 4. The maximum Gasteiger partial charge on any atom is 0.410 e. The van der Waals surface area contributed by atoms with E-state index in [1.54, 1.807) is 11.0 Å². The molecule has 0 unspecified atom stereocenters. The van der Waals surface area contributed by atoms with Gasteiger partial charge in [-0.15, -0.1) is 0 Å². The second-order valence-corrected chi connectivity index (χ2v) is 7.43. The number of ether oxygens (including phenoxy) is 2. The largest absolute Gasteiger partial charge is 0.444 e. The van der Waals surface area contributed by atoms with Crippen LogP contribution in [0, 0.1) is 5.82 Å². The minimum absolute atomic E-state index is 0.0970. The number of carbonyl (C=O) groups excluding carboxylic acids is 1. The number of halogens is 1. The van der Waals surface area contributed by atoms with Gasteiger partial charge in [0.2, 0.25) is 0 Å². The summed E-state index contributed by atoms with van der Waals surface area (Å²) in [4.78, 5) is 14.2. The van der Waals surface area contributed by atoms with Crippen LogP contribution >= 0.6 is 0 Å². The Labute approximate surface area is 141 Å². The van der Waals surface area contributed by atoms with Gasteiger partial charge in [0.05, 0.1) is 12.6 Å². The highest BCUT2D eigenvalue weighted by molar-refractivity contribution is 5.69. The first-order valence-electron chi connectivity index (χ1n) is 8.35. The Hall–Kier alpha value is -1.66. The molecular formula is C18H24FNO4. The highest BCUT2D eigenvalue weighted by Crippen LogP contribution is 2.40. The van der Waals surface area contributed by atoms with Crippen molar-refractivity contribution in [1.29, 1.82) is 0 Å². The smallest absolute Gasteiger partial charge is 0.410 e. The van der Waals surface area contributed by atoms with Crippen LogP contribution in [0.25, 0.3) is 0 Å². The lowest BCUT2D eigenvalue weighted by molar-refractivity contribution is -0.0641. The van der Waals surface area contributed by atoms with Crippen molar-refractivity contribution >= 4 is 6.09 Å². The van der Waals surface area contributed by atoms with E-state index >= 15 is 0 Å². The third-order valence-electron chi connectivity index (χ3n) is 4.42. The molecule has 5 nitrogen and oxygen atoms in total. The van der Waals surface area contributed by atoms with Crippen molar-refractivity contribution in [3.8, 4) is 0 Å². The number of rotatable bonds is 1. The van der Waals surface area contributed by atoms with Crippen LogP contribution in [0.2, 0.25) is 0 Å². The molecule has 132 valence electrons. The Morgan fingerprint density at radius 2 is 2.12 bits per heavy atom. The number of hydrogen-bond donors (Lipinski definition) is 1. The lowest BCUT2D eigenvalue weighted by Crippen LogP contribution is -2.44. The Kier molecular flexibility index (Phi) is 4.53. The summed E-state index contributed by atoms with van der Waals surface area (Å²) in [5.74, 6) is -0.385. The van der Waals surface area contributed by atoms with Crippen molar-refractivity contribution in [3.63, 3.8) is 0 Å². The summed E-state index contributed by atoms with van der Waals surface area (Å²) in [6, 6.07) is 4.18. The molecule has 1 N–H and O–H groups in total. The maximum absolute atomic E-state index is 13.5. The minimum Gasteiger partial charge on any atom is -0.444 e. The zero-order chi connectivity index (χ0) is 17.5. The zero-order valence-electron chi connectivity index (χ0n) is 14.3. The molecule has 2 heterocycles. The van der Waals surface area contributed by atoms with E-state index in [1.807, 2.05) is 20.8 Å². The van der Waals surface area contributed by atoms with Gasteiger partial charge in [-0.05, 0) is 56.9 Å². The standard InChI is InChI=1S/C18H24FNO4/c1-18(2,3)24-17(22)20-8-4-5-14(20)16-12-7-6-11(19)9-13(12)15(21)10-23-16/h6-7,9,14-16,21H,4-5,8,10H2,1-3H3/t14-,15-,16-/m0/s1. The fraction of sp³-hybridized carbons (Fsp3) is 0.611. The van der Waals surface area contributed by atoms with Gasteiger partial charge in [-0.3, -0.25) is 0 Å². The average Bonchev–Trinajstić information content (AvgIpc) is 2.96. The average molecular weight is 337 g/mol. The van der Waals surface area contributed by atoms with Gasteiger partial charge in [-0.1, -0.05) is 6.07 Å². The third kappa shape index (κ3) is 3.39. The molecule has 1 aromatic carbocycles. The SMILES string of the molecule is CC(C)(C)OC(=O)N1CCC[C@H]1[C@H]1OC[C@H](O)c2cc(F)ccc21. The molecule has 3 atom stereocenters. The number of aliphatic hydroxyl groups is 1. The molecule has 0 radical (unpaired) electrons. The fourth-order valence-electron chi connectivity index (χ4n) is 3.44. The minimum atomic E-state index is -0.844. The Morgan fingerprint density at radius 3 is 2.83 bits per heavy atom. The molecule has 0 spiro atoms. The van der Waals surface area contributed by atoms with Gasteiger partial charge in [-0.25, -0.2) is 9.18 Å². The number of aliphatic hydroxyl groups excluding tert-OH is 1. The molecule has 0 aromatic heterocycles. The summed E-state index contributed by atoms with van der Waals surface area (Å²) in [6.07, 6.45) is 0.0744. The van der Waals surface area contributed by atoms with E-state index in [0.717, 1.165) is 18.4 Å². The van der Waals surface area contributed by atoms with Crippen LogP contribution in [0.15, 0.2) is 18.2 Å². The number of benzene rings is 1. The molecule has 6 heteroatoms. The molecule has 1 amide bonds. The molecule has 0 aliphatic carbocycles. The van der Waals surface area contributed by atoms with Crippen molar-refractivity contribution in [1.82, 2.24) is 4.90 Å². The van der Waals surface area contributed by atoms with Crippen LogP contribution in [0.3, 0.4) is 0 Å². The van der Waals surface area contributed by atoms with Crippen LogP contribution in [0.4, 0.5) is 9.18 Å². The van der Waals surface area contributed by atoms with Crippen LogP contribution < -0.4 is 0 Å². The first-order valence-corrected chi connectivity index (χ1v) is 8.35. The van der Waals surface area contributed by atoms with Crippen molar-refractivity contribution in [3.05, 3.63) is 35.1 Å². The molecule has 1 aromatic rings. The lowest BCUT2D eigenvalue weighted by Gasteiger charge is -2.37. The first-order chi connectivity index (χ1) is 11.3. The molecule has 1 fully saturated rings. The quantitative estimate of drug-likeness (QED) is 0.854. The van der Waals surface area contributed by atoms with Gasteiger partial charge in [0, 0.05) is 6.54 Å². The Balaban J connectivity index is 1.86. The fourth-order valence-corrected chi connectivity index (χ4v) is 3.44. The molecule has 2 aliphatic heterocycles. The lowest BCUT2D eigenvalue weighted by atomic mass is 9.91. The zero-order valence-corrected chi connectivity index (χ0v) is 14.3. The monoisotopic (exact) mass is 337 g/mol. The molecule has 3 rings (SSSR count). The summed E-state index contributed by atoms with van der Waals surface area (Å²) in [7, 11) is 0. The van der Waals surface area contributed by atoms with E-state index in [2.05, 4.69) is 0 Å². The summed E-state index contributed by atoms with van der Waals surface area (Å²) < 4.78 is 24.8. The van der Waals surface area contributed by atoms with Gasteiger partial charge in [0.15, 0.2) is 0 Å². The second-order valence-electron chi connectivity index (χ2n) is 7.43. The van der Waals surface area contributed by atoms with Crippen LogP contribution in [0.1, 0.15) is 56.9 Å². The number of nitrogens with zero attached hydrogens (tertiary/aromatic N) is 1. The predicted octanol–water partition coefficient (Wildman–Crippen LogP) is 3.33. The molecule has 0 bridgehead atoms. The first kappa shape index (κ1) is 17.2. The van der Waals surface area contributed by atoms with Crippen molar-refractivity contribution < 1.29 is 23.8 Å².